The molecule has 0 amide bonds. The largest absolute Gasteiger partial charge is 1.00 e. The quantitative estimate of drug-likeness (QED) is 0.0871. The molecule has 0 aliphatic heterocycles. The Balaban J connectivity index is -0.00000392. The van der Waals surface area contributed by atoms with Gasteiger partial charge in [-0.2, -0.15) is 0 Å². The monoisotopic (exact) mass is 482 g/mol. The maximum Gasteiger partial charge on any atom is 1.00 e. The average molecular weight is 483 g/mol. The Kier molecular flexibility index (Phi) is 31.3. The van der Waals surface area contributed by atoms with E-state index < -0.39 is 26.5 Å². The number of hydrogen-bond acceptors (Lipinski definition) is 7. The van der Waals surface area contributed by atoms with E-state index in [0.29, 0.717) is 0 Å². The third-order valence-corrected chi connectivity index (χ3v) is 5.31. The number of hydrogen-bond donors (Lipinski definition) is 1. The van der Waals surface area contributed by atoms with Crippen LogP contribution in [0.5, 0.6) is 0 Å². The minimum absolute atomic E-state index is 0. The Morgan fingerprint density at radius 1 is 0.774 bits per heavy atom. The van der Waals surface area contributed by atoms with Crippen LogP contribution in [0, 0.1) is 0 Å². The van der Waals surface area contributed by atoms with E-state index in [0.717, 1.165) is 19.3 Å². The summed E-state index contributed by atoms with van der Waals surface area (Å²) in [7, 11) is -5.11. The average Bonchev–Trinajstić information content (AvgIpc) is 2.67. The van der Waals surface area contributed by atoms with Crippen molar-refractivity contribution in [2.75, 3.05) is 13.2 Å². The van der Waals surface area contributed by atoms with Crippen molar-refractivity contribution in [1.29, 1.82) is 0 Å². The Bertz CT molecular complexity index is 436. The number of unbranched alkanes of at least 4 members (excludes halogenated alkanes) is 14. The van der Waals surface area contributed by atoms with E-state index in [4.69, 9.17) is 4.74 Å². The van der Waals surface area contributed by atoms with Crippen LogP contribution in [0.4, 0.5) is 0 Å². The molecule has 0 spiro atoms. The predicted molar refractivity (Wildman–Crippen MR) is 110 cm³/mol. The van der Waals surface area contributed by atoms with Crippen LogP contribution in [0.3, 0.4) is 0 Å². The molecular weight excluding hydrogens is 441 g/mol. The van der Waals surface area contributed by atoms with Gasteiger partial charge in [0, 0.05) is 6.42 Å². The normalized spacial score (nSPS) is 12.0. The first-order valence-electron chi connectivity index (χ1n) is 11.4. The molecule has 0 aliphatic carbocycles. The number of carbonyl (C=O) groups is 1. The number of phosphoric ester groups is 1. The number of ether oxygens (including phenoxy) is 1. The Hall–Kier alpha value is 1.54. The summed E-state index contributed by atoms with van der Waals surface area (Å²) in [5.74, 6) is -0.439. The summed E-state index contributed by atoms with van der Waals surface area (Å²) < 4.78 is 19.0. The topological polar surface area (TPSA) is 119 Å². The second-order valence-electron chi connectivity index (χ2n) is 7.78. The SMILES string of the molecule is CCCCCCCCCCCCCCCCCC(=O)OC[C@@H](O)COP(=O)([O-])[O-].[Na+].[Na+]. The fraction of sp³-hybridized carbons (Fsp3) is 0.952. The Labute approximate surface area is 233 Å². The van der Waals surface area contributed by atoms with E-state index in [9.17, 15) is 24.3 Å². The molecule has 1 N–H and O–H groups in total. The third-order valence-electron chi connectivity index (χ3n) is 4.85. The first-order valence-corrected chi connectivity index (χ1v) is 12.8. The molecule has 0 saturated carbocycles. The summed E-state index contributed by atoms with van der Waals surface area (Å²) >= 11 is 0. The number of carbonyl (C=O) groups excluding carboxylic acids is 1. The molecule has 1 atom stereocenters. The van der Waals surface area contributed by atoms with E-state index >= 15 is 0 Å². The van der Waals surface area contributed by atoms with Gasteiger partial charge >= 0.3 is 65.1 Å². The van der Waals surface area contributed by atoms with Gasteiger partial charge < -0.3 is 28.7 Å². The van der Waals surface area contributed by atoms with Crippen LogP contribution in [-0.2, 0) is 18.6 Å². The van der Waals surface area contributed by atoms with Crippen molar-refractivity contribution >= 4 is 13.8 Å². The molecular formula is C21H41Na2O7P. The maximum atomic E-state index is 11.5. The van der Waals surface area contributed by atoms with Crippen LogP contribution < -0.4 is 68.9 Å². The van der Waals surface area contributed by atoms with Crippen molar-refractivity contribution in [2.24, 2.45) is 0 Å². The molecule has 0 aromatic carbocycles. The Morgan fingerprint density at radius 2 is 1.16 bits per heavy atom. The molecule has 0 aromatic rings. The van der Waals surface area contributed by atoms with Crippen LogP contribution in [0.25, 0.3) is 0 Å². The second kappa shape index (κ2) is 26.2. The summed E-state index contributed by atoms with van der Waals surface area (Å²) in [6.45, 7) is 1.17. The summed E-state index contributed by atoms with van der Waals surface area (Å²) in [4.78, 5) is 32.1. The Morgan fingerprint density at radius 3 is 1.55 bits per heavy atom. The van der Waals surface area contributed by atoms with Gasteiger partial charge in [0.05, 0.1) is 14.4 Å². The molecule has 0 unspecified atom stereocenters. The molecule has 0 heterocycles. The van der Waals surface area contributed by atoms with E-state index in [2.05, 4.69) is 11.4 Å². The molecule has 0 radical (unpaired) electrons. The van der Waals surface area contributed by atoms with E-state index in [-0.39, 0.29) is 72.1 Å². The number of aliphatic hydroxyl groups excluding tert-OH is 1. The summed E-state index contributed by atoms with van der Waals surface area (Å²) in [5, 5.41) is 9.36. The van der Waals surface area contributed by atoms with Crippen LogP contribution in [0.2, 0.25) is 0 Å². The van der Waals surface area contributed by atoms with Crippen molar-refractivity contribution < 1.29 is 92.6 Å². The van der Waals surface area contributed by atoms with Crippen molar-refractivity contribution in [3.8, 4) is 0 Å². The van der Waals surface area contributed by atoms with Gasteiger partial charge in [-0.25, -0.2) is 0 Å². The maximum absolute atomic E-state index is 11.5. The van der Waals surface area contributed by atoms with Crippen molar-refractivity contribution in [3.05, 3.63) is 0 Å². The third kappa shape index (κ3) is 31.5. The van der Waals surface area contributed by atoms with Crippen molar-refractivity contribution in [1.82, 2.24) is 0 Å². The van der Waals surface area contributed by atoms with Gasteiger partial charge in [0.15, 0.2) is 0 Å². The fourth-order valence-electron chi connectivity index (χ4n) is 3.13. The number of phosphoric acid groups is 1. The number of esters is 1. The van der Waals surface area contributed by atoms with Crippen LogP contribution in [0.1, 0.15) is 110 Å². The first-order chi connectivity index (χ1) is 13.8. The molecule has 7 nitrogen and oxygen atoms in total. The van der Waals surface area contributed by atoms with E-state index in [1.165, 1.54) is 77.0 Å². The molecule has 0 bridgehead atoms. The van der Waals surface area contributed by atoms with E-state index in [1.54, 1.807) is 0 Å². The van der Waals surface area contributed by atoms with Crippen molar-refractivity contribution in [2.45, 2.75) is 116 Å². The molecule has 31 heavy (non-hydrogen) atoms. The molecule has 0 fully saturated rings. The summed E-state index contributed by atoms with van der Waals surface area (Å²) in [5.41, 5.74) is 0. The van der Waals surface area contributed by atoms with Crippen LogP contribution in [0.15, 0.2) is 0 Å². The van der Waals surface area contributed by atoms with Gasteiger partial charge in [0.2, 0.25) is 0 Å². The number of aliphatic hydroxyl groups is 1. The molecule has 174 valence electrons. The van der Waals surface area contributed by atoms with Crippen LogP contribution in [-0.4, -0.2) is 30.4 Å². The fourth-order valence-corrected chi connectivity index (χ4v) is 3.48. The van der Waals surface area contributed by atoms with Gasteiger partial charge in [-0.15, -0.1) is 0 Å². The number of rotatable bonds is 21. The van der Waals surface area contributed by atoms with Gasteiger partial charge in [-0.1, -0.05) is 96.8 Å². The molecule has 0 aromatic heterocycles. The zero-order valence-electron chi connectivity index (χ0n) is 20.1. The van der Waals surface area contributed by atoms with Crippen LogP contribution >= 0.6 is 7.82 Å². The molecule has 0 aliphatic rings. The molecule has 0 rings (SSSR count). The summed E-state index contributed by atoms with van der Waals surface area (Å²) in [6, 6.07) is 0. The summed E-state index contributed by atoms with van der Waals surface area (Å²) in [6.07, 6.45) is 17.7. The first kappa shape index (κ1) is 37.1. The zero-order chi connectivity index (χ0) is 21.8. The molecule has 10 heteroatoms. The smallest absolute Gasteiger partial charge is 0.790 e. The minimum Gasteiger partial charge on any atom is -0.790 e. The van der Waals surface area contributed by atoms with Gasteiger partial charge in [-0.3, -0.25) is 4.79 Å². The standard InChI is InChI=1S/C21H43O7P.2Na/c1-2-3-4-5-6-7-8-9-10-11-12-13-14-15-16-17-21(23)27-18-20(22)19-28-29(24,25)26;;/h20,22H,2-19H2,1H3,(H2,24,25,26);;/q;2*+1/p-2/t20-;;/m1../s1. The van der Waals surface area contributed by atoms with Gasteiger partial charge in [-0.05, 0) is 6.42 Å². The molecule has 0 saturated heterocycles. The zero-order valence-corrected chi connectivity index (χ0v) is 25.0. The van der Waals surface area contributed by atoms with Gasteiger partial charge in [0.25, 0.3) is 0 Å². The van der Waals surface area contributed by atoms with E-state index in [1.807, 2.05) is 0 Å². The predicted octanol–water partition coefficient (Wildman–Crippen LogP) is -1.99. The van der Waals surface area contributed by atoms with Gasteiger partial charge in [0.1, 0.15) is 12.7 Å². The van der Waals surface area contributed by atoms with Crippen molar-refractivity contribution in [3.63, 3.8) is 0 Å². The second-order valence-corrected chi connectivity index (χ2v) is 8.93. The minimum atomic E-state index is -5.11.